The number of anilines is 1. The van der Waals surface area contributed by atoms with Crippen LogP contribution in [0.2, 0.25) is 5.28 Å². The standard InChI is InChI=1S/C12H10BrClN6S/c13-9-3-2-8(21-9)4-6-15-11-17-10(14)18-12(19-11)20-7-1-5-16-20/h1-3,5,7H,4,6H2,(H,15,17,18,19). The van der Waals surface area contributed by atoms with Gasteiger partial charge in [0.1, 0.15) is 0 Å². The first kappa shape index (κ1) is 14.4. The minimum absolute atomic E-state index is 0.136. The third-order valence-corrected chi connectivity index (χ3v) is 4.44. The molecule has 3 aromatic heterocycles. The van der Waals surface area contributed by atoms with E-state index in [1.807, 2.05) is 6.07 Å². The Balaban J connectivity index is 1.68. The third-order valence-electron chi connectivity index (χ3n) is 2.59. The molecule has 0 aliphatic rings. The van der Waals surface area contributed by atoms with E-state index in [9.17, 15) is 0 Å². The normalized spacial score (nSPS) is 10.8. The van der Waals surface area contributed by atoms with Crippen LogP contribution < -0.4 is 5.32 Å². The molecule has 0 bridgehead atoms. The second-order valence-electron chi connectivity index (χ2n) is 4.06. The highest BCUT2D eigenvalue weighted by Gasteiger charge is 2.07. The molecule has 0 saturated heterocycles. The van der Waals surface area contributed by atoms with E-state index in [1.54, 1.807) is 29.8 Å². The molecule has 0 radical (unpaired) electrons. The molecule has 0 amide bonds. The maximum Gasteiger partial charge on any atom is 0.256 e. The van der Waals surface area contributed by atoms with Gasteiger partial charge in [-0.25, -0.2) is 4.68 Å². The number of halogens is 2. The Bertz CT molecular complexity index is 729. The van der Waals surface area contributed by atoms with Gasteiger partial charge in [-0.15, -0.1) is 11.3 Å². The van der Waals surface area contributed by atoms with Crippen LogP contribution in [-0.4, -0.2) is 31.3 Å². The van der Waals surface area contributed by atoms with Crippen LogP contribution in [0.3, 0.4) is 0 Å². The topological polar surface area (TPSA) is 68.5 Å². The smallest absolute Gasteiger partial charge is 0.256 e. The summed E-state index contributed by atoms with van der Waals surface area (Å²) in [7, 11) is 0. The van der Waals surface area contributed by atoms with Crippen molar-refractivity contribution in [2.24, 2.45) is 0 Å². The Morgan fingerprint density at radius 1 is 1.29 bits per heavy atom. The van der Waals surface area contributed by atoms with Crippen molar-refractivity contribution in [3.05, 3.63) is 44.5 Å². The number of hydrogen-bond acceptors (Lipinski definition) is 6. The zero-order valence-corrected chi connectivity index (χ0v) is 13.9. The summed E-state index contributed by atoms with van der Waals surface area (Å²) in [5, 5.41) is 7.36. The van der Waals surface area contributed by atoms with Gasteiger partial charge in [-0.1, -0.05) is 0 Å². The second-order valence-corrected chi connectivity index (χ2v) is 6.95. The average molecular weight is 386 g/mol. The molecule has 3 heterocycles. The van der Waals surface area contributed by atoms with Crippen molar-refractivity contribution in [1.82, 2.24) is 24.7 Å². The van der Waals surface area contributed by atoms with Crippen molar-refractivity contribution in [2.75, 3.05) is 11.9 Å². The van der Waals surface area contributed by atoms with Crippen molar-refractivity contribution in [1.29, 1.82) is 0 Å². The first-order valence-corrected chi connectivity index (χ1v) is 8.09. The summed E-state index contributed by atoms with van der Waals surface area (Å²) in [5.41, 5.74) is 0. The lowest BCUT2D eigenvalue weighted by molar-refractivity contribution is 0.794. The molecule has 0 fully saturated rings. The molecule has 1 N–H and O–H groups in total. The summed E-state index contributed by atoms with van der Waals surface area (Å²) in [6.07, 6.45) is 4.29. The van der Waals surface area contributed by atoms with Gasteiger partial charge in [-0.3, -0.25) is 0 Å². The van der Waals surface area contributed by atoms with E-state index in [1.165, 1.54) is 9.56 Å². The monoisotopic (exact) mass is 384 g/mol. The molecule has 21 heavy (non-hydrogen) atoms. The molecule has 0 aromatic carbocycles. The fourth-order valence-electron chi connectivity index (χ4n) is 1.69. The van der Waals surface area contributed by atoms with Crippen LogP contribution in [0.25, 0.3) is 5.95 Å². The maximum absolute atomic E-state index is 5.92. The molecule has 0 unspecified atom stereocenters. The van der Waals surface area contributed by atoms with Crippen LogP contribution in [-0.2, 0) is 6.42 Å². The fourth-order valence-corrected chi connectivity index (χ4v) is 3.33. The minimum Gasteiger partial charge on any atom is -0.354 e. The number of rotatable bonds is 5. The SMILES string of the molecule is Clc1nc(NCCc2ccc(Br)s2)nc(-n2cccn2)n1. The van der Waals surface area contributed by atoms with Crippen molar-refractivity contribution >= 4 is 44.8 Å². The van der Waals surface area contributed by atoms with Crippen LogP contribution in [0.1, 0.15) is 4.88 Å². The van der Waals surface area contributed by atoms with Gasteiger partial charge < -0.3 is 5.32 Å². The first-order chi connectivity index (χ1) is 10.2. The Kier molecular flexibility index (Phi) is 4.47. The van der Waals surface area contributed by atoms with Gasteiger partial charge in [0.25, 0.3) is 5.95 Å². The highest BCUT2D eigenvalue weighted by atomic mass is 79.9. The number of aromatic nitrogens is 5. The Labute approximate surface area is 138 Å². The van der Waals surface area contributed by atoms with Gasteiger partial charge in [-0.2, -0.15) is 20.1 Å². The maximum atomic E-state index is 5.92. The Morgan fingerprint density at radius 3 is 2.90 bits per heavy atom. The van der Waals surface area contributed by atoms with E-state index >= 15 is 0 Å². The third kappa shape index (κ3) is 3.78. The zero-order chi connectivity index (χ0) is 14.7. The van der Waals surface area contributed by atoms with Crippen molar-refractivity contribution in [3.63, 3.8) is 0 Å². The van der Waals surface area contributed by atoms with Gasteiger partial charge in [0.2, 0.25) is 11.2 Å². The van der Waals surface area contributed by atoms with E-state index in [2.05, 4.69) is 47.4 Å². The molecule has 0 aliphatic heterocycles. The summed E-state index contributed by atoms with van der Waals surface area (Å²) in [6, 6.07) is 5.92. The summed E-state index contributed by atoms with van der Waals surface area (Å²) in [6.45, 7) is 0.714. The first-order valence-electron chi connectivity index (χ1n) is 6.10. The molecule has 0 saturated carbocycles. The van der Waals surface area contributed by atoms with Crippen molar-refractivity contribution in [2.45, 2.75) is 6.42 Å². The predicted molar refractivity (Wildman–Crippen MR) is 86.2 cm³/mol. The second kappa shape index (κ2) is 6.50. The summed E-state index contributed by atoms with van der Waals surface area (Å²) < 4.78 is 2.66. The van der Waals surface area contributed by atoms with Gasteiger partial charge in [-0.05, 0) is 52.2 Å². The fraction of sp³-hybridized carbons (Fsp3) is 0.167. The van der Waals surface area contributed by atoms with Crippen LogP contribution in [0.15, 0.2) is 34.4 Å². The number of hydrogen-bond donors (Lipinski definition) is 1. The van der Waals surface area contributed by atoms with Crippen LogP contribution in [0.4, 0.5) is 5.95 Å². The summed E-state index contributed by atoms with van der Waals surface area (Å²) in [5.74, 6) is 0.831. The Morgan fingerprint density at radius 2 is 2.19 bits per heavy atom. The number of nitrogens with zero attached hydrogens (tertiary/aromatic N) is 5. The molecule has 3 aromatic rings. The molecule has 6 nitrogen and oxygen atoms in total. The lowest BCUT2D eigenvalue weighted by atomic mass is 10.3. The molecule has 108 valence electrons. The molecular weight excluding hydrogens is 376 g/mol. The van der Waals surface area contributed by atoms with E-state index in [4.69, 9.17) is 11.6 Å². The number of nitrogens with one attached hydrogen (secondary N) is 1. The summed E-state index contributed by atoms with van der Waals surface area (Å²) >= 11 is 11.1. The lowest BCUT2D eigenvalue weighted by Gasteiger charge is -2.06. The molecule has 0 aliphatic carbocycles. The van der Waals surface area contributed by atoms with Gasteiger partial charge in [0.15, 0.2) is 0 Å². The Hall–Kier alpha value is -1.51. The van der Waals surface area contributed by atoms with E-state index < -0.39 is 0 Å². The molecule has 9 heteroatoms. The van der Waals surface area contributed by atoms with E-state index in [-0.39, 0.29) is 5.28 Å². The van der Waals surface area contributed by atoms with E-state index in [0.29, 0.717) is 18.4 Å². The largest absolute Gasteiger partial charge is 0.354 e. The van der Waals surface area contributed by atoms with E-state index in [0.717, 1.165) is 10.2 Å². The van der Waals surface area contributed by atoms with Crippen molar-refractivity contribution < 1.29 is 0 Å². The highest BCUT2D eigenvalue weighted by molar-refractivity contribution is 9.11. The van der Waals surface area contributed by atoms with Crippen LogP contribution in [0.5, 0.6) is 0 Å². The van der Waals surface area contributed by atoms with Gasteiger partial charge in [0, 0.05) is 23.8 Å². The minimum atomic E-state index is 0.136. The zero-order valence-electron chi connectivity index (χ0n) is 10.7. The molecular formula is C12H10BrClN6S. The van der Waals surface area contributed by atoms with Gasteiger partial charge >= 0.3 is 0 Å². The molecule has 3 rings (SSSR count). The van der Waals surface area contributed by atoms with Crippen LogP contribution >= 0.6 is 38.9 Å². The quantitative estimate of drug-likeness (QED) is 0.730. The average Bonchev–Trinajstić information content (AvgIpc) is 3.10. The van der Waals surface area contributed by atoms with Gasteiger partial charge in [0.05, 0.1) is 3.79 Å². The van der Waals surface area contributed by atoms with Crippen LogP contribution in [0, 0.1) is 0 Å². The summed E-state index contributed by atoms with van der Waals surface area (Å²) in [4.78, 5) is 13.7. The molecule has 0 spiro atoms. The predicted octanol–water partition coefficient (Wildman–Crippen LogP) is 3.19. The lowest BCUT2D eigenvalue weighted by Crippen LogP contribution is -2.11. The van der Waals surface area contributed by atoms with Crippen molar-refractivity contribution in [3.8, 4) is 5.95 Å². The number of thiophene rings is 1. The molecule has 0 atom stereocenters. The highest BCUT2D eigenvalue weighted by Crippen LogP contribution is 2.22.